The highest BCUT2D eigenvalue weighted by molar-refractivity contribution is 5.69. The molecule has 0 aromatic heterocycles. The molecule has 0 unspecified atom stereocenters. The number of aliphatic hydroxyl groups excluding tert-OH is 2. The number of halogens is 3. The maximum Gasteiger partial charge on any atom is 0.508 e. The lowest BCUT2D eigenvalue weighted by Gasteiger charge is -2.21. The number of ether oxygens (including phenoxy) is 3. The third-order valence-corrected chi connectivity index (χ3v) is 7.63. The Morgan fingerprint density at radius 1 is 1.09 bits per heavy atom. The molecule has 1 aliphatic carbocycles. The van der Waals surface area contributed by atoms with Crippen LogP contribution in [0.5, 0.6) is 0 Å². The fourth-order valence-electron chi connectivity index (χ4n) is 5.29. The van der Waals surface area contributed by atoms with Crippen molar-refractivity contribution in [1.82, 2.24) is 0 Å². The van der Waals surface area contributed by atoms with E-state index in [0.29, 0.717) is 44.1 Å². The molecule has 46 heavy (non-hydrogen) atoms. The van der Waals surface area contributed by atoms with Crippen LogP contribution in [0.1, 0.15) is 76.3 Å². The van der Waals surface area contributed by atoms with Crippen molar-refractivity contribution in [2.24, 2.45) is 17.8 Å². The Bertz CT molecular complexity index is 1230. The zero-order chi connectivity index (χ0) is 34.1. The van der Waals surface area contributed by atoms with E-state index in [1.165, 1.54) is 6.07 Å². The number of hydrogen-bond donors (Lipinski definition) is 2. The number of hydrogen-bond acceptors (Lipinski definition) is 7. The van der Waals surface area contributed by atoms with Crippen molar-refractivity contribution in [3.8, 4) is 24.7 Å². The van der Waals surface area contributed by atoms with Gasteiger partial charge in [0.15, 0.2) is 0 Å². The number of esters is 1. The van der Waals surface area contributed by atoms with Crippen molar-refractivity contribution in [3.63, 3.8) is 0 Å². The van der Waals surface area contributed by atoms with Crippen LogP contribution in [0.3, 0.4) is 0 Å². The number of allylic oxidation sites excluding steroid dienone is 2. The van der Waals surface area contributed by atoms with Gasteiger partial charge in [-0.2, -0.15) is 13.2 Å². The minimum atomic E-state index is -4.49. The molecular formula is C36H45F3O7. The number of carbonyl (C=O) groups is 2. The van der Waals surface area contributed by atoms with Crippen molar-refractivity contribution in [1.29, 1.82) is 0 Å². The number of benzene rings is 1. The van der Waals surface area contributed by atoms with Gasteiger partial charge >= 0.3 is 18.3 Å². The minimum Gasteiger partial charge on any atom is -0.463 e. The summed E-state index contributed by atoms with van der Waals surface area (Å²) in [5.74, 6) is 3.67. The first-order valence-corrected chi connectivity index (χ1v) is 15.6. The van der Waals surface area contributed by atoms with Crippen LogP contribution in [-0.2, 0) is 31.6 Å². The third-order valence-electron chi connectivity index (χ3n) is 7.63. The Morgan fingerprint density at radius 3 is 2.46 bits per heavy atom. The summed E-state index contributed by atoms with van der Waals surface area (Å²) in [6.45, 7) is 3.53. The van der Waals surface area contributed by atoms with Gasteiger partial charge in [-0.1, -0.05) is 36.4 Å². The normalized spacial score (nSPS) is 20.6. The van der Waals surface area contributed by atoms with Crippen molar-refractivity contribution >= 4 is 12.1 Å². The van der Waals surface area contributed by atoms with Crippen LogP contribution in [0.25, 0.3) is 0 Å². The van der Waals surface area contributed by atoms with Crippen LogP contribution in [-0.4, -0.2) is 53.4 Å². The number of alkyl halides is 3. The lowest BCUT2D eigenvalue weighted by Crippen LogP contribution is -2.23. The van der Waals surface area contributed by atoms with Crippen LogP contribution in [0, 0.1) is 42.4 Å². The van der Waals surface area contributed by atoms with E-state index in [2.05, 4.69) is 11.8 Å². The van der Waals surface area contributed by atoms with Gasteiger partial charge in [0, 0.05) is 37.5 Å². The first-order valence-electron chi connectivity index (χ1n) is 15.6. The van der Waals surface area contributed by atoms with E-state index in [-0.39, 0.29) is 49.8 Å². The molecule has 0 spiro atoms. The minimum absolute atomic E-state index is 0.0574. The number of rotatable bonds is 17. The Balaban J connectivity index is 2.10. The van der Waals surface area contributed by atoms with Gasteiger partial charge in [0.25, 0.3) is 0 Å². The molecule has 10 heteroatoms. The van der Waals surface area contributed by atoms with Gasteiger partial charge in [-0.15, -0.1) is 24.7 Å². The van der Waals surface area contributed by atoms with Crippen molar-refractivity contribution in [2.45, 2.75) is 102 Å². The van der Waals surface area contributed by atoms with Gasteiger partial charge in [0.1, 0.15) is 6.10 Å². The smallest absolute Gasteiger partial charge is 0.463 e. The molecule has 1 fully saturated rings. The third kappa shape index (κ3) is 14.1. The van der Waals surface area contributed by atoms with E-state index >= 15 is 0 Å². The van der Waals surface area contributed by atoms with Crippen LogP contribution < -0.4 is 0 Å². The van der Waals surface area contributed by atoms with Crippen LogP contribution in [0.4, 0.5) is 18.0 Å². The maximum atomic E-state index is 13.2. The molecule has 1 saturated carbocycles. The predicted octanol–water partition coefficient (Wildman–Crippen LogP) is 6.80. The fraction of sp³-hybridized carbons (Fsp3) is 0.556. The highest BCUT2D eigenvalue weighted by Gasteiger charge is 2.39. The largest absolute Gasteiger partial charge is 0.508 e. The molecule has 0 heterocycles. The zero-order valence-electron chi connectivity index (χ0n) is 26.5. The molecule has 0 amide bonds. The summed E-state index contributed by atoms with van der Waals surface area (Å²) in [7, 11) is 0. The second-order valence-electron chi connectivity index (χ2n) is 11.8. The number of unbranched alkanes of at least 4 members (excludes halogenated alkanes) is 1. The summed E-state index contributed by atoms with van der Waals surface area (Å²) in [4.78, 5) is 24.3. The second kappa shape index (κ2) is 19.7. The van der Waals surface area contributed by atoms with Gasteiger partial charge in [-0.05, 0) is 69.6 Å². The highest BCUT2D eigenvalue weighted by Crippen LogP contribution is 2.36. The second-order valence-corrected chi connectivity index (χ2v) is 11.8. The SMILES string of the molecule is C#CCC(CC#C)COC(=O)O[C@H](/C=C/[C@@H]1[C@@H](C/C=C\CCCC(=O)OC(C)C)[C@@H](O)C[C@H]1O)CCc1cccc(C(F)(F)F)c1. The Hall–Kier alpha value is -3.73. The summed E-state index contributed by atoms with van der Waals surface area (Å²) in [5.41, 5.74) is -0.370. The Labute approximate surface area is 270 Å². The van der Waals surface area contributed by atoms with Crippen LogP contribution >= 0.6 is 0 Å². The van der Waals surface area contributed by atoms with Crippen molar-refractivity contribution in [3.05, 3.63) is 59.7 Å². The van der Waals surface area contributed by atoms with Crippen LogP contribution in [0.2, 0.25) is 0 Å². The van der Waals surface area contributed by atoms with E-state index in [9.17, 15) is 33.0 Å². The lowest BCUT2D eigenvalue weighted by molar-refractivity contribution is -0.147. The lowest BCUT2D eigenvalue weighted by atomic mass is 9.89. The van der Waals surface area contributed by atoms with Crippen LogP contribution in [0.15, 0.2) is 48.6 Å². The molecule has 0 radical (unpaired) electrons. The van der Waals surface area contributed by atoms with Crippen molar-refractivity contribution in [2.75, 3.05) is 6.61 Å². The van der Waals surface area contributed by atoms with Gasteiger partial charge in [-0.25, -0.2) is 4.79 Å². The highest BCUT2D eigenvalue weighted by atomic mass is 19.4. The standard InChI is InChI=1S/C36H45F3O7/c1-5-12-27(13-6-2)24-44-35(43)46-29(19-18-26-14-11-15-28(22-26)36(37,38)39)20-21-31-30(32(40)23-33(31)41)16-9-7-8-10-17-34(42)45-25(3)4/h1-2,7,9,11,14-15,20-22,25,27,29-33,40-41H,8,10,12-13,16-19,23-24H2,3-4H3/b9-7-,21-20+/t29-,30+,31+,32-,33+/m0/s1. The van der Waals surface area contributed by atoms with Gasteiger partial charge < -0.3 is 24.4 Å². The van der Waals surface area contributed by atoms with Gasteiger partial charge in [-0.3, -0.25) is 4.79 Å². The summed E-state index contributed by atoms with van der Waals surface area (Å²) in [5, 5.41) is 21.3. The number of aryl methyl sites for hydroxylation is 1. The molecule has 0 aliphatic heterocycles. The molecule has 2 N–H and O–H groups in total. The monoisotopic (exact) mass is 646 g/mol. The number of aliphatic hydroxyl groups is 2. The van der Waals surface area contributed by atoms with Gasteiger partial charge in [0.2, 0.25) is 0 Å². The number of carbonyl (C=O) groups excluding carboxylic acids is 2. The molecule has 7 nitrogen and oxygen atoms in total. The first kappa shape index (κ1) is 38.5. The summed E-state index contributed by atoms with van der Waals surface area (Å²) in [6.07, 6.45) is 12.8. The van der Waals surface area contributed by atoms with E-state index in [1.54, 1.807) is 32.1 Å². The molecule has 2 rings (SSSR count). The molecule has 0 saturated heterocycles. The quantitative estimate of drug-likeness (QED) is 0.0831. The predicted molar refractivity (Wildman–Crippen MR) is 168 cm³/mol. The summed E-state index contributed by atoms with van der Waals surface area (Å²) in [6, 6.07) is 4.92. The van der Waals surface area contributed by atoms with E-state index < -0.39 is 42.1 Å². The molecule has 1 aliphatic rings. The van der Waals surface area contributed by atoms with E-state index in [0.717, 1.165) is 12.1 Å². The molecule has 5 atom stereocenters. The number of terminal acetylenes is 2. The first-order chi connectivity index (χ1) is 21.8. The zero-order valence-corrected chi connectivity index (χ0v) is 26.5. The molecule has 1 aromatic rings. The topological polar surface area (TPSA) is 102 Å². The average Bonchev–Trinajstić information content (AvgIpc) is 3.25. The van der Waals surface area contributed by atoms with E-state index in [1.807, 2.05) is 12.2 Å². The molecular weight excluding hydrogens is 601 g/mol. The summed E-state index contributed by atoms with van der Waals surface area (Å²) >= 11 is 0. The van der Waals surface area contributed by atoms with E-state index in [4.69, 9.17) is 27.1 Å². The van der Waals surface area contributed by atoms with Crippen molar-refractivity contribution < 1.29 is 47.2 Å². The molecule has 0 bridgehead atoms. The fourth-order valence-corrected chi connectivity index (χ4v) is 5.29. The molecule has 252 valence electrons. The Kier molecular flexibility index (Phi) is 16.5. The maximum absolute atomic E-state index is 13.2. The van der Waals surface area contributed by atoms with Gasteiger partial charge in [0.05, 0.1) is 30.5 Å². The average molecular weight is 647 g/mol. The molecule has 1 aromatic carbocycles. The Morgan fingerprint density at radius 2 is 1.80 bits per heavy atom. The summed E-state index contributed by atoms with van der Waals surface area (Å²) < 4.78 is 55.6.